The SMILES string of the molecule is CCC(NC)C(C)N1CC2CCC1C2. The first kappa shape index (κ1) is 10.4. The lowest BCUT2D eigenvalue weighted by molar-refractivity contribution is 0.129. The molecular formula is C12H24N2. The molecule has 2 heteroatoms. The van der Waals surface area contributed by atoms with E-state index in [4.69, 9.17) is 0 Å². The van der Waals surface area contributed by atoms with Crippen molar-refractivity contribution in [3.8, 4) is 0 Å². The van der Waals surface area contributed by atoms with Gasteiger partial charge in [0, 0.05) is 24.7 Å². The van der Waals surface area contributed by atoms with Crippen LogP contribution in [0.15, 0.2) is 0 Å². The van der Waals surface area contributed by atoms with Gasteiger partial charge in [0.05, 0.1) is 0 Å². The second-order valence-corrected chi connectivity index (χ2v) is 5.07. The number of nitrogens with one attached hydrogen (secondary N) is 1. The zero-order chi connectivity index (χ0) is 10.1. The first-order chi connectivity index (χ1) is 6.76. The van der Waals surface area contributed by atoms with Crippen LogP contribution in [0.2, 0.25) is 0 Å². The van der Waals surface area contributed by atoms with Crippen molar-refractivity contribution in [3.05, 3.63) is 0 Å². The molecule has 1 N–H and O–H groups in total. The number of hydrogen-bond donors (Lipinski definition) is 1. The topological polar surface area (TPSA) is 15.3 Å². The highest BCUT2D eigenvalue weighted by atomic mass is 15.2. The van der Waals surface area contributed by atoms with E-state index in [1.807, 2.05) is 0 Å². The number of nitrogens with zero attached hydrogens (tertiary/aromatic N) is 1. The predicted molar refractivity (Wildman–Crippen MR) is 60.4 cm³/mol. The molecule has 1 saturated heterocycles. The molecule has 1 aliphatic heterocycles. The molecule has 2 rings (SSSR count). The molecular weight excluding hydrogens is 172 g/mol. The van der Waals surface area contributed by atoms with E-state index in [0.717, 1.165) is 18.0 Å². The van der Waals surface area contributed by atoms with Crippen LogP contribution >= 0.6 is 0 Å². The van der Waals surface area contributed by atoms with Gasteiger partial charge in [0.1, 0.15) is 0 Å². The fourth-order valence-corrected chi connectivity index (χ4v) is 3.48. The highest BCUT2D eigenvalue weighted by Crippen LogP contribution is 2.38. The van der Waals surface area contributed by atoms with Gasteiger partial charge in [-0.05, 0) is 45.6 Å². The maximum Gasteiger partial charge on any atom is 0.0223 e. The minimum absolute atomic E-state index is 0.675. The van der Waals surface area contributed by atoms with E-state index in [0.29, 0.717) is 6.04 Å². The molecule has 2 bridgehead atoms. The maximum atomic E-state index is 3.45. The largest absolute Gasteiger partial charge is 0.315 e. The fraction of sp³-hybridized carbons (Fsp3) is 1.00. The Morgan fingerprint density at radius 3 is 2.64 bits per heavy atom. The van der Waals surface area contributed by atoms with Crippen LogP contribution in [0.5, 0.6) is 0 Å². The van der Waals surface area contributed by atoms with Gasteiger partial charge in [0.15, 0.2) is 0 Å². The number of fused-ring (bicyclic) bond motifs is 2. The second kappa shape index (κ2) is 4.19. The lowest BCUT2D eigenvalue weighted by atomic mass is 10.0. The molecule has 2 fully saturated rings. The summed E-state index contributed by atoms with van der Waals surface area (Å²) in [6.45, 7) is 6.04. The molecule has 2 nitrogen and oxygen atoms in total. The number of hydrogen-bond acceptors (Lipinski definition) is 2. The van der Waals surface area contributed by atoms with Crippen molar-refractivity contribution in [2.45, 2.75) is 57.7 Å². The van der Waals surface area contributed by atoms with Gasteiger partial charge in [-0.15, -0.1) is 0 Å². The van der Waals surface area contributed by atoms with Crippen LogP contribution in [0, 0.1) is 5.92 Å². The van der Waals surface area contributed by atoms with E-state index in [-0.39, 0.29) is 0 Å². The maximum absolute atomic E-state index is 3.45. The molecule has 0 radical (unpaired) electrons. The first-order valence-electron chi connectivity index (χ1n) is 6.19. The molecule has 1 saturated carbocycles. The summed E-state index contributed by atoms with van der Waals surface area (Å²) in [5.74, 6) is 1.02. The zero-order valence-corrected chi connectivity index (χ0v) is 9.79. The van der Waals surface area contributed by atoms with Gasteiger partial charge < -0.3 is 5.32 Å². The molecule has 4 unspecified atom stereocenters. The van der Waals surface area contributed by atoms with E-state index in [1.54, 1.807) is 0 Å². The molecule has 1 aliphatic carbocycles. The van der Waals surface area contributed by atoms with Crippen molar-refractivity contribution in [1.29, 1.82) is 0 Å². The Kier molecular flexibility index (Phi) is 3.13. The second-order valence-electron chi connectivity index (χ2n) is 5.07. The summed E-state index contributed by atoms with van der Waals surface area (Å²) in [5, 5.41) is 3.45. The minimum Gasteiger partial charge on any atom is -0.315 e. The standard InChI is InChI=1S/C12H24N2/c1-4-12(13-3)9(2)14-8-10-5-6-11(14)7-10/h9-13H,4-8H2,1-3H3. The molecule has 2 aliphatic rings. The van der Waals surface area contributed by atoms with Crippen LogP contribution in [0.1, 0.15) is 39.5 Å². The van der Waals surface area contributed by atoms with Crippen LogP contribution < -0.4 is 5.32 Å². The van der Waals surface area contributed by atoms with Gasteiger partial charge >= 0.3 is 0 Å². The Morgan fingerprint density at radius 1 is 1.43 bits per heavy atom. The smallest absolute Gasteiger partial charge is 0.0223 e. The Balaban J connectivity index is 1.94. The third-order valence-corrected chi connectivity index (χ3v) is 4.37. The third-order valence-electron chi connectivity index (χ3n) is 4.37. The molecule has 1 heterocycles. The van der Waals surface area contributed by atoms with Gasteiger partial charge in [-0.2, -0.15) is 0 Å². The summed E-state index contributed by atoms with van der Waals surface area (Å²) >= 11 is 0. The number of likely N-dealkylation sites (N-methyl/N-ethyl adjacent to an activating group) is 1. The summed E-state index contributed by atoms with van der Waals surface area (Å²) in [6.07, 6.45) is 5.66. The van der Waals surface area contributed by atoms with Crippen molar-refractivity contribution >= 4 is 0 Å². The van der Waals surface area contributed by atoms with Gasteiger partial charge in [-0.1, -0.05) is 6.92 Å². The van der Waals surface area contributed by atoms with Gasteiger partial charge in [-0.25, -0.2) is 0 Å². The molecule has 0 spiro atoms. The Bertz CT molecular complexity index is 189. The number of rotatable bonds is 4. The van der Waals surface area contributed by atoms with Crippen LogP contribution in [0.4, 0.5) is 0 Å². The van der Waals surface area contributed by atoms with E-state index in [1.165, 1.54) is 32.2 Å². The summed E-state index contributed by atoms with van der Waals surface area (Å²) in [7, 11) is 2.10. The molecule has 0 aromatic heterocycles. The molecule has 4 atom stereocenters. The molecule has 82 valence electrons. The quantitative estimate of drug-likeness (QED) is 0.738. The summed E-state index contributed by atoms with van der Waals surface area (Å²) in [4.78, 5) is 2.75. The normalized spacial score (nSPS) is 36.2. The summed E-state index contributed by atoms with van der Waals surface area (Å²) in [5.41, 5.74) is 0. The van der Waals surface area contributed by atoms with Crippen LogP contribution in [0.25, 0.3) is 0 Å². The van der Waals surface area contributed by atoms with E-state index < -0.39 is 0 Å². The van der Waals surface area contributed by atoms with E-state index >= 15 is 0 Å². The Labute approximate surface area is 88.1 Å². The number of piperidine rings is 1. The monoisotopic (exact) mass is 196 g/mol. The number of likely N-dealkylation sites (tertiary alicyclic amines) is 1. The fourth-order valence-electron chi connectivity index (χ4n) is 3.48. The lowest BCUT2D eigenvalue weighted by Gasteiger charge is -2.37. The average molecular weight is 196 g/mol. The average Bonchev–Trinajstić information content (AvgIpc) is 2.80. The lowest BCUT2D eigenvalue weighted by Crippen LogP contribution is -2.49. The highest BCUT2D eigenvalue weighted by Gasteiger charge is 2.40. The minimum atomic E-state index is 0.675. The van der Waals surface area contributed by atoms with Crippen LogP contribution in [0.3, 0.4) is 0 Å². The molecule has 0 amide bonds. The van der Waals surface area contributed by atoms with Crippen molar-refractivity contribution in [2.24, 2.45) is 5.92 Å². The summed E-state index contributed by atoms with van der Waals surface area (Å²) in [6, 6.07) is 2.31. The van der Waals surface area contributed by atoms with Crippen molar-refractivity contribution in [1.82, 2.24) is 10.2 Å². The first-order valence-corrected chi connectivity index (χ1v) is 6.19. The molecule has 14 heavy (non-hydrogen) atoms. The molecule has 0 aromatic rings. The van der Waals surface area contributed by atoms with Crippen molar-refractivity contribution in [3.63, 3.8) is 0 Å². The molecule has 0 aromatic carbocycles. The predicted octanol–water partition coefficient (Wildman–Crippen LogP) is 1.86. The Hall–Kier alpha value is -0.0800. The van der Waals surface area contributed by atoms with Crippen molar-refractivity contribution in [2.75, 3.05) is 13.6 Å². The van der Waals surface area contributed by atoms with E-state index in [2.05, 4.69) is 31.1 Å². The van der Waals surface area contributed by atoms with Gasteiger partial charge in [0.25, 0.3) is 0 Å². The third kappa shape index (κ3) is 1.70. The summed E-state index contributed by atoms with van der Waals surface area (Å²) < 4.78 is 0. The Morgan fingerprint density at radius 2 is 2.21 bits per heavy atom. The van der Waals surface area contributed by atoms with Gasteiger partial charge in [-0.3, -0.25) is 4.90 Å². The van der Waals surface area contributed by atoms with Crippen molar-refractivity contribution < 1.29 is 0 Å². The highest BCUT2D eigenvalue weighted by molar-refractivity contribution is 4.96. The zero-order valence-electron chi connectivity index (χ0n) is 9.79. The van der Waals surface area contributed by atoms with Gasteiger partial charge in [0.2, 0.25) is 0 Å². The van der Waals surface area contributed by atoms with Crippen LogP contribution in [-0.4, -0.2) is 36.6 Å². The van der Waals surface area contributed by atoms with E-state index in [9.17, 15) is 0 Å². The van der Waals surface area contributed by atoms with Crippen LogP contribution in [-0.2, 0) is 0 Å².